The normalized spacial score (nSPS) is 11.5. The molecule has 0 N–H and O–H groups in total. The molecule has 0 saturated heterocycles. The number of ether oxygens (including phenoxy) is 2. The molecule has 0 fully saturated rings. The van der Waals surface area contributed by atoms with E-state index >= 15 is 0 Å². The number of hydrogen-bond acceptors (Lipinski definition) is 9. The first-order valence-corrected chi connectivity index (χ1v) is 22.1. The van der Waals surface area contributed by atoms with Crippen LogP contribution in [0.2, 0.25) is 0 Å². The van der Waals surface area contributed by atoms with E-state index in [9.17, 15) is 0 Å². The third-order valence-electron chi connectivity index (χ3n) is 11.8. The summed E-state index contributed by atoms with van der Waals surface area (Å²) in [6, 6.07) is 68.4. The Morgan fingerprint density at radius 1 is 0.309 bits per heavy atom. The number of nitrogens with zero attached hydrogens (tertiary/aromatic N) is 7. The zero-order valence-corrected chi connectivity index (χ0v) is 36.0. The van der Waals surface area contributed by atoms with Crippen LogP contribution in [0.25, 0.3) is 89.4 Å². The van der Waals surface area contributed by atoms with Crippen LogP contribution in [0.3, 0.4) is 0 Å². The van der Waals surface area contributed by atoms with E-state index in [-0.39, 0.29) is 0 Å². The lowest BCUT2D eigenvalue weighted by molar-refractivity contribution is 0.238. The van der Waals surface area contributed by atoms with E-state index in [0.29, 0.717) is 85.5 Å². The second-order valence-electron chi connectivity index (χ2n) is 16.1. The summed E-state index contributed by atoms with van der Waals surface area (Å²) in [5.41, 5.74) is 5.55. The van der Waals surface area contributed by atoms with Crippen molar-refractivity contribution in [1.82, 2.24) is 34.4 Å². The minimum atomic E-state index is 0.387. The van der Waals surface area contributed by atoms with Crippen LogP contribution in [0, 0.1) is 0 Å². The molecule has 2 aliphatic heterocycles. The molecule has 0 amide bonds. The Morgan fingerprint density at radius 2 is 0.735 bits per heavy atom. The third-order valence-corrected chi connectivity index (χ3v) is 11.8. The third kappa shape index (κ3) is 6.64. The van der Waals surface area contributed by atoms with Gasteiger partial charge < -0.3 is 19.1 Å². The summed E-state index contributed by atoms with van der Waals surface area (Å²) < 4.78 is 17.3. The van der Waals surface area contributed by atoms with Crippen LogP contribution in [0.4, 0.5) is 0 Å². The Morgan fingerprint density at radius 3 is 1.31 bits per heavy atom. The lowest BCUT2D eigenvalue weighted by Crippen LogP contribution is -2.07. The molecular weight excluding hydrogens is 847 g/mol. The van der Waals surface area contributed by atoms with Gasteiger partial charge in [-0.3, -0.25) is 0 Å². The largest absolute Gasteiger partial charge is 0.457 e. The first kappa shape index (κ1) is 38.8. The lowest BCUT2D eigenvalue weighted by Gasteiger charge is -2.13. The summed E-state index contributed by atoms with van der Waals surface area (Å²) in [6.07, 6.45) is 0. The van der Waals surface area contributed by atoms with Crippen LogP contribution < -0.4 is 19.1 Å². The van der Waals surface area contributed by atoms with Crippen molar-refractivity contribution in [2.45, 2.75) is 0 Å². The van der Waals surface area contributed by atoms with Gasteiger partial charge in [-0.1, -0.05) is 158 Å². The average Bonchev–Trinajstić information content (AvgIpc) is 4.11. The van der Waals surface area contributed by atoms with Crippen molar-refractivity contribution < 1.29 is 19.1 Å². The summed E-state index contributed by atoms with van der Waals surface area (Å²) >= 11 is 0. The van der Waals surface area contributed by atoms with Crippen molar-refractivity contribution in [2.75, 3.05) is 0 Å². The maximum Gasteiger partial charge on any atom is 0.183 e. The number of fused-ring (bicyclic) bond motifs is 20. The fourth-order valence-electron chi connectivity index (χ4n) is 8.79. The van der Waals surface area contributed by atoms with Crippen molar-refractivity contribution >= 4 is 44.0 Å². The van der Waals surface area contributed by atoms with Crippen LogP contribution in [0.15, 0.2) is 212 Å². The SMILES string of the molecule is c1ccc(Oc2cccc3c2c2nc4nc(nc5c6ccccc6c(nc6nc(c(Oc7ccccc7)c3n2Oc2ccccc2)-c2ccccc2-6)n5Oc2ccccc2)-c2ccccc2-4)cc1. The highest BCUT2D eigenvalue weighted by atomic mass is 16.7. The van der Waals surface area contributed by atoms with E-state index in [0.717, 1.165) is 38.4 Å². The predicted molar refractivity (Wildman–Crippen MR) is 264 cm³/mol. The van der Waals surface area contributed by atoms with E-state index in [2.05, 4.69) is 0 Å². The topological polar surface area (TPSA) is 111 Å². The molecule has 0 saturated carbocycles. The molecule has 0 unspecified atom stereocenters. The van der Waals surface area contributed by atoms with Gasteiger partial charge in [-0.2, -0.15) is 4.73 Å². The lowest BCUT2D eigenvalue weighted by atomic mass is 10.1. The van der Waals surface area contributed by atoms with Crippen LogP contribution in [0.1, 0.15) is 0 Å². The van der Waals surface area contributed by atoms with Crippen molar-refractivity contribution in [3.63, 3.8) is 0 Å². The molecule has 322 valence electrons. The van der Waals surface area contributed by atoms with Gasteiger partial charge in [0.2, 0.25) is 0 Å². The molecule has 11 nitrogen and oxygen atoms in total. The maximum absolute atomic E-state index is 7.18. The number of hydrogen-bond donors (Lipinski definition) is 0. The van der Waals surface area contributed by atoms with Gasteiger partial charge in [-0.05, 0) is 54.6 Å². The predicted octanol–water partition coefficient (Wildman–Crippen LogP) is 13.7. The number of benzene rings is 8. The van der Waals surface area contributed by atoms with Gasteiger partial charge in [0.1, 0.15) is 28.5 Å². The molecule has 11 aromatic rings. The van der Waals surface area contributed by atoms with Gasteiger partial charge in [-0.25, -0.2) is 24.9 Å². The second kappa shape index (κ2) is 16.1. The molecule has 0 atom stereocenters. The number of para-hydroxylation sites is 4. The van der Waals surface area contributed by atoms with Crippen molar-refractivity contribution in [3.8, 4) is 79.9 Å². The summed E-state index contributed by atoms with van der Waals surface area (Å²) in [4.78, 5) is 40.9. The highest BCUT2D eigenvalue weighted by Crippen LogP contribution is 2.48. The first-order chi connectivity index (χ1) is 33.7. The standard InChI is InChI=1S/C57H35N7O4/c1-5-20-36(21-6-1)65-47-35-19-34-46-48(47)57-62-54-43-31-16-15-30-42(43)53(59-54)61-56-45-33-18-17-32-44(45)55(64(56)68-39-26-11-4-12-27-39)60-52-41-29-14-13-28-40(41)49(58-52)51(66-37-22-7-2-8-23-37)50(46)63(57)67-38-24-9-3-10-25-38/h1-35H. The molecule has 2 aliphatic rings. The summed E-state index contributed by atoms with van der Waals surface area (Å²) in [5, 5.41) is 2.97. The van der Waals surface area contributed by atoms with E-state index in [1.165, 1.54) is 0 Å². The average molecular weight is 882 g/mol. The van der Waals surface area contributed by atoms with Gasteiger partial charge in [-0.15, -0.1) is 4.73 Å². The van der Waals surface area contributed by atoms with Crippen LogP contribution in [-0.4, -0.2) is 34.4 Å². The van der Waals surface area contributed by atoms with Crippen molar-refractivity contribution in [3.05, 3.63) is 212 Å². The highest BCUT2D eigenvalue weighted by molar-refractivity contribution is 6.13. The fourth-order valence-corrected chi connectivity index (χ4v) is 8.79. The quantitative estimate of drug-likeness (QED) is 0.147. The Labute approximate surface area is 388 Å². The van der Waals surface area contributed by atoms with Crippen molar-refractivity contribution in [2.24, 2.45) is 0 Å². The Hall–Kier alpha value is -9.61. The van der Waals surface area contributed by atoms with E-state index in [4.69, 9.17) is 44.1 Å². The van der Waals surface area contributed by atoms with Gasteiger partial charge in [0.25, 0.3) is 0 Å². The molecule has 3 aromatic heterocycles. The van der Waals surface area contributed by atoms with Crippen LogP contribution >= 0.6 is 0 Å². The summed E-state index contributed by atoms with van der Waals surface area (Å²) in [6.45, 7) is 0. The van der Waals surface area contributed by atoms with E-state index in [1.54, 1.807) is 9.46 Å². The molecule has 68 heavy (non-hydrogen) atoms. The molecule has 0 spiro atoms. The summed E-state index contributed by atoms with van der Waals surface area (Å²) in [7, 11) is 0. The second-order valence-corrected chi connectivity index (χ2v) is 16.1. The Bertz CT molecular complexity index is 3920. The molecule has 11 heteroatoms. The molecule has 8 aromatic carbocycles. The molecule has 13 rings (SSSR count). The number of rotatable bonds is 8. The first-order valence-electron chi connectivity index (χ1n) is 22.1. The van der Waals surface area contributed by atoms with E-state index < -0.39 is 0 Å². The van der Waals surface area contributed by atoms with E-state index in [1.807, 2.05) is 212 Å². The zero-order valence-electron chi connectivity index (χ0n) is 36.0. The minimum absolute atomic E-state index is 0.387. The van der Waals surface area contributed by atoms with Gasteiger partial charge >= 0.3 is 0 Å². The smallest absolute Gasteiger partial charge is 0.183 e. The van der Waals surface area contributed by atoms with Crippen LogP contribution in [-0.2, 0) is 0 Å². The monoisotopic (exact) mass is 881 g/mol. The van der Waals surface area contributed by atoms with Gasteiger partial charge in [0.15, 0.2) is 51.7 Å². The zero-order chi connectivity index (χ0) is 45.0. The summed E-state index contributed by atoms with van der Waals surface area (Å²) in [5.74, 6) is 4.57. The molecule has 0 radical (unpaired) electrons. The Kier molecular flexibility index (Phi) is 9.20. The molecular formula is C57H35N7O4. The minimum Gasteiger partial charge on any atom is -0.457 e. The molecule has 8 bridgehead atoms. The fraction of sp³-hybridized carbons (Fsp3) is 0. The van der Waals surface area contributed by atoms with Gasteiger partial charge in [0.05, 0.1) is 5.39 Å². The molecule has 5 heterocycles. The molecule has 0 aliphatic carbocycles. The van der Waals surface area contributed by atoms with Gasteiger partial charge in [0, 0.05) is 38.4 Å². The van der Waals surface area contributed by atoms with Crippen molar-refractivity contribution in [1.29, 1.82) is 0 Å². The highest BCUT2D eigenvalue weighted by Gasteiger charge is 2.30. The maximum atomic E-state index is 7.18. The number of aromatic nitrogens is 7. The van der Waals surface area contributed by atoms with Crippen LogP contribution in [0.5, 0.6) is 34.5 Å². The Balaban J connectivity index is 1.27.